The van der Waals surface area contributed by atoms with Crippen molar-refractivity contribution in [1.29, 1.82) is 0 Å². The number of sulfonamides is 1. The van der Waals surface area contributed by atoms with Gasteiger partial charge in [0.05, 0.1) is 23.3 Å². The normalized spacial score (nSPS) is 12.0. The summed E-state index contributed by atoms with van der Waals surface area (Å²) in [5, 5.41) is 13.6. The first-order chi connectivity index (χ1) is 9.52. The summed E-state index contributed by atoms with van der Waals surface area (Å²) in [6.45, 7) is 3.51. The Morgan fingerprint density at radius 1 is 1.38 bits per heavy atom. The summed E-state index contributed by atoms with van der Waals surface area (Å²) >= 11 is 0. The van der Waals surface area contributed by atoms with Crippen LogP contribution in [0, 0.1) is 10.1 Å². The first-order valence-electron chi connectivity index (χ1n) is 5.88. The number of hydrogen-bond donors (Lipinski definition) is 4. The molecule has 21 heavy (non-hydrogen) atoms. The number of rotatable bonds is 7. The second-order valence-corrected chi connectivity index (χ2v) is 6.86. The molecule has 1 rings (SSSR count). The van der Waals surface area contributed by atoms with Crippen molar-refractivity contribution in [1.82, 2.24) is 9.71 Å². The van der Waals surface area contributed by atoms with E-state index < -0.39 is 20.5 Å². The van der Waals surface area contributed by atoms with E-state index in [2.05, 4.69) is 20.4 Å². The highest BCUT2D eigenvalue weighted by Crippen LogP contribution is 2.20. The molecule has 10 nitrogen and oxygen atoms in total. The molecule has 1 aromatic rings. The van der Waals surface area contributed by atoms with Crippen molar-refractivity contribution in [3.05, 3.63) is 22.2 Å². The Hall–Kier alpha value is -1.98. The molecule has 5 N–H and O–H groups in total. The Labute approximate surface area is 122 Å². The lowest BCUT2D eigenvalue weighted by molar-refractivity contribution is -0.384. The third kappa shape index (κ3) is 5.89. The molecular formula is C10H18N6O4S. The number of pyridine rings is 1. The number of aromatic nitrogens is 1. The summed E-state index contributed by atoms with van der Waals surface area (Å²) in [4.78, 5) is 14.2. The van der Waals surface area contributed by atoms with Gasteiger partial charge in [-0.05, 0) is 13.8 Å². The van der Waals surface area contributed by atoms with Crippen LogP contribution >= 0.6 is 0 Å². The lowest BCUT2D eigenvalue weighted by Crippen LogP contribution is -2.47. The first-order valence-corrected chi connectivity index (χ1v) is 7.77. The molecule has 0 aliphatic heterocycles. The number of nitrogens with zero attached hydrogens (tertiary/aromatic N) is 2. The maximum Gasteiger partial charge on any atom is 0.276 e. The molecule has 0 spiro atoms. The van der Waals surface area contributed by atoms with E-state index in [1.165, 1.54) is 12.1 Å². The van der Waals surface area contributed by atoms with E-state index in [-0.39, 0.29) is 23.9 Å². The van der Waals surface area contributed by atoms with E-state index in [1.807, 2.05) is 0 Å². The van der Waals surface area contributed by atoms with Gasteiger partial charge < -0.3 is 10.7 Å². The van der Waals surface area contributed by atoms with E-state index in [9.17, 15) is 18.5 Å². The van der Waals surface area contributed by atoms with Crippen molar-refractivity contribution in [2.45, 2.75) is 19.4 Å². The summed E-state index contributed by atoms with van der Waals surface area (Å²) in [5.74, 6) is 5.53. The van der Waals surface area contributed by atoms with Crippen LogP contribution in [0.4, 0.5) is 17.3 Å². The number of anilines is 2. The average Bonchev–Trinajstić information content (AvgIpc) is 2.33. The Morgan fingerprint density at radius 3 is 2.43 bits per heavy atom. The number of nitrogens with two attached hydrogens (primary N) is 1. The smallest absolute Gasteiger partial charge is 0.276 e. The van der Waals surface area contributed by atoms with Crippen LogP contribution in [0.15, 0.2) is 12.1 Å². The van der Waals surface area contributed by atoms with Crippen LogP contribution in [-0.2, 0) is 10.0 Å². The summed E-state index contributed by atoms with van der Waals surface area (Å²) in [6, 6.07) is 2.42. The molecule has 0 aliphatic carbocycles. The number of hydrogen-bond acceptors (Lipinski definition) is 8. The third-order valence-electron chi connectivity index (χ3n) is 2.34. The lowest BCUT2D eigenvalue weighted by atomic mass is 10.1. The van der Waals surface area contributed by atoms with Gasteiger partial charge in [0.2, 0.25) is 10.0 Å². The lowest BCUT2D eigenvalue weighted by Gasteiger charge is -2.25. The van der Waals surface area contributed by atoms with Gasteiger partial charge in [0, 0.05) is 12.1 Å². The van der Waals surface area contributed by atoms with E-state index >= 15 is 0 Å². The Balaban J connectivity index is 2.88. The van der Waals surface area contributed by atoms with Gasteiger partial charge in [-0.15, -0.1) is 0 Å². The van der Waals surface area contributed by atoms with Gasteiger partial charge in [-0.3, -0.25) is 10.1 Å². The van der Waals surface area contributed by atoms with Crippen LogP contribution < -0.4 is 21.3 Å². The first kappa shape index (κ1) is 17.1. The third-order valence-corrected chi connectivity index (χ3v) is 3.27. The fraction of sp³-hybridized carbons (Fsp3) is 0.500. The Kier molecular flexibility index (Phi) is 5.04. The van der Waals surface area contributed by atoms with Crippen molar-refractivity contribution >= 4 is 27.3 Å². The van der Waals surface area contributed by atoms with Gasteiger partial charge in [0.15, 0.2) is 0 Å². The van der Waals surface area contributed by atoms with Gasteiger partial charge in [-0.2, -0.15) is 0 Å². The van der Waals surface area contributed by atoms with Gasteiger partial charge in [0.1, 0.15) is 11.6 Å². The van der Waals surface area contributed by atoms with Crippen LogP contribution in [0.25, 0.3) is 0 Å². The molecule has 0 atom stereocenters. The maximum atomic E-state index is 11.2. The standard InChI is InChI=1S/C10H18N6O4S/c1-10(2,15-21(3,19)20)6-12-8-4-7(16(17)18)5-9(13-8)14-11/h4-5,15H,6,11H2,1-3H3,(H2,12,13,14). The van der Waals surface area contributed by atoms with Crippen molar-refractivity contribution in [3.8, 4) is 0 Å². The highest BCUT2D eigenvalue weighted by Gasteiger charge is 2.22. The molecule has 0 radical (unpaired) electrons. The molecule has 0 bridgehead atoms. The molecule has 0 fully saturated rings. The van der Waals surface area contributed by atoms with Gasteiger partial charge in [0.25, 0.3) is 5.69 Å². The van der Waals surface area contributed by atoms with Gasteiger partial charge >= 0.3 is 0 Å². The number of nitro groups is 1. The number of nitrogens with one attached hydrogen (secondary N) is 3. The molecule has 0 saturated heterocycles. The SMILES string of the molecule is CC(C)(CNc1cc([N+](=O)[O-])cc(NN)n1)NS(C)(=O)=O. The zero-order chi connectivity index (χ0) is 16.3. The van der Waals surface area contributed by atoms with Crippen LogP contribution in [0.1, 0.15) is 13.8 Å². The second-order valence-electron chi connectivity index (χ2n) is 5.11. The summed E-state index contributed by atoms with van der Waals surface area (Å²) in [6.07, 6.45) is 1.05. The van der Waals surface area contributed by atoms with Crippen LogP contribution in [-0.4, -0.2) is 36.7 Å². The predicted molar refractivity (Wildman–Crippen MR) is 79.2 cm³/mol. The van der Waals surface area contributed by atoms with E-state index in [0.717, 1.165) is 6.26 Å². The fourth-order valence-electron chi connectivity index (χ4n) is 1.64. The quantitative estimate of drug-likeness (QED) is 0.312. The minimum atomic E-state index is -3.37. The zero-order valence-corrected chi connectivity index (χ0v) is 12.7. The monoisotopic (exact) mass is 318 g/mol. The minimum Gasteiger partial charge on any atom is -0.368 e. The van der Waals surface area contributed by atoms with Gasteiger partial charge in [-0.25, -0.2) is 24.0 Å². The maximum absolute atomic E-state index is 11.2. The fourth-order valence-corrected chi connectivity index (χ4v) is 2.71. The average molecular weight is 318 g/mol. The molecule has 0 unspecified atom stereocenters. The zero-order valence-electron chi connectivity index (χ0n) is 11.9. The van der Waals surface area contributed by atoms with Crippen molar-refractivity contribution in [2.24, 2.45) is 5.84 Å². The molecule has 1 aromatic heterocycles. The molecule has 11 heteroatoms. The molecule has 0 saturated carbocycles. The summed E-state index contributed by atoms with van der Waals surface area (Å²) in [5.41, 5.74) is 1.25. The molecule has 118 valence electrons. The largest absolute Gasteiger partial charge is 0.368 e. The highest BCUT2D eigenvalue weighted by molar-refractivity contribution is 7.88. The Bertz CT molecular complexity index is 630. The summed E-state index contributed by atoms with van der Waals surface area (Å²) in [7, 11) is -3.37. The van der Waals surface area contributed by atoms with Crippen LogP contribution in [0.2, 0.25) is 0 Å². The topological polar surface area (TPSA) is 152 Å². The second kappa shape index (κ2) is 6.20. The van der Waals surface area contributed by atoms with E-state index in [1.54, 1.807) is 13.8 Å². The molecule has 0 amide bonds. The number of hydrazine groups is 1. The van der Waals surface area contributed by atoms with Gasteiger partial charge in [-0.1, -0.05) is 0 Å². The van der Waals surface area contributed by atoms with Crippen LogP contribution in [0.5, 0.6) is 0 Å². The minimum absolute atomic E-state index is 0.126. The summed E-state index contributed by atoms with van der Waals surface area (Å²) < 4.78 is 24.9. The van der Waals surface area contributed by atoms with E-state index in [0.29, 0.717) is 0 Å². The molecule has 0 aromatic carbocycles. The molecular weight excluding hydrogens is 300 g/mol. The predicted octanol–water partition coefficient (Wildman–Crippen LogP) is 0.0151. The highest BCUT2D eigenvalue weighted by atomic mass is 32.2. The Morgan fingerprint density at radius 2 is 1.95 bits per heavy atom. The number of nitrogen functional groups attached to an aromatic ring is 1. The molecule has 1 heterocycles. The van der Waals surface area contributed by atoms with Crippen LogP contribution in [0.3, 0.4) is 0 Å². The van der Waals surface area contributed by atoms with Crippen molar-refractivity contribution in [3.63, 3.8) is 0 Å². The van der Waals surface area contributed by atoms with E-state index in [4.69, 9.17) is 5.84 Å². The van der Waals surface area contributed by atoms with Crippen molar-refractivity contribution in [2.75, 3.05) is 23.5 Å². The van der Waals surface area contributed by atoms with Crippen molar-refractivity contribution < 1.29 is 13.3 Å². The molecule has 0 aliphatic rings.